The molecule has 1 unspecified atom stereocenters. The Morgan fingerprint density at radius 1 is 0.971 bits per heavy atom. The van der Waals surface area contributed by atoms with E-state index in [1.807, 2.05) is 27.7 Å². The number of unbranched alkanes of at least 4 members (excludes halogenated alkanes) is 6. The van der Waals surface area contributed by atoms with Crippen molar-refractivity contribution in [3.05, 3.63) is 0 Å². The van der Waals surface area contributed by atoms with Crippen molar-refractivity contribution in [2.45, 2.75) is 123 Å². The second-order valence-electron chi connectivity index (χ2n) is 9.64. The van der Waals surface area contributed by atoms with E-state index in [-0.39, 0.29) is 19.4 Å². The Bertz CT molecular complexity index is 612. The molecule has 0 aliphatic rings. The molecule has 0 fully saturated rings. The molecule has 3 atom stereocenters. The number of hydrogen-bond donors (Lipinski definition) is 3. The van der Waals surface area contributed by atoms with E-state index in [4.69, 9.17) is 4.52 Å². The fourth-order valence-corrected chi connectivity index (χ4v) is 5.18. The minimum absolute atomic E-state index is 0.164. The lowest BCUT2D eigenvalue weighted by Gasteiger charge is -2.36. The van der Waals surface area contributed by atoms with Crippen molar-refractivity contribution in [3.63, 3.8) is 0 Å². The second-order valence-corrected chi connectivity index (χ2v) is 11.6. The number of hydrogen-bond acceptors (Lipinski definition) is 4. The maximum Gasteiger partial charge on any atom is 0.397 e. The number of nitrogens with one attached hydrogen (secondary N) is 1. The summed E-state index contributed by atoms with van der Waals surface area (Å²) in [5.41, 5.74) is -4.10. The van der Waals surface area contributed by atoms with Gasteiger partial charge in [-0.25, -0.2) is 0 Å². The van der Waals surface area contributed by atoms with Crippen LogP contribution in [-0.4, -0.2) is 71.0 Å². The molecule has 0 aromatic heterocycles. The molecule has 0 aliphatic heterocycles. The zero-order chi connectivity index (χ0) is 27.0. The molecule has 0 aliphatic carbocycles. The normalized spacial score (nSPS) is 16.0. The first-order valence-corrected chi connectivity index (χ1v) is 15.2. The topological polar surface area (TPSA) is 95.9 Å². The first-order chi connectivity index (χ1) is 16.4. The minimum Gasteiger partial charge on any atom is -0.391 e. The van der Waals surface area contributed by atoms with Gasteiger partial charge in [0.1, 0.15) is 13.2 Å². The summed E-state index contributed by atoms with van der Waals surface area (Å²) in [6.07, 6.45) is 4.98. The van der Waals surface area contributed by atoms with Crippen molar-refractivity contribution in [1.29, 1.82) is 0 Å². The molecule has 1 amide bonds. The number of halogens is 2. The summed E-state index contributed by atoms with van der Waals surface area (Å²) >= 11 is 0. The molecule has 210 valence electrons. The quantitative estimate of drug-likeness (QED) is 0.0931. The Morgan fingerprint density at radius 2 is 1.51 bits per heavy atom. The van der Waals surface area contributed by atoms with Crippen LogP contribution in [0, 0.1) is 0 Å². The standard InChI is InChI=1S/C25H51F2N2O5P/c1-6-11-13-14-16-17-23(30)22(28-24(31)18-15-12-7-2)21-25(26,27)35(32,33)34-20-19-29(8-3,9-4)10-5/h22-23,30H,6-21H2,1-5H3,(H-,28,31,32,33)/p+1/t22-,23+/m0/s1. The van der Waals surface area contributed by atoms with Crippen LogP contribution in [-0.2, 0) is 13.9 Å². The van der Waals surface area contributed by atoms with Crippen LogP contribution in [0.3, 0.4) is 0 Å². The largest absolute Gasteiger partial charge is 0.397 e. The molecule has 35 heavy (non-hydrogen) atoms. The van der Waals surface area contributed by atoms with Crippen molar-refractivity contribution >= 4 is 13.5 Å². The average molecular weight is 530 g/mol. The smallest absolute Gasteiger partial charge is 0.391 e. The number of amides is 1. The lowest BCUT2D eigenvalue weighted by Crippen LogP contribution is -2.49. The number of aliphatic hydroxyl groups is 1. The van der Waals surface area contributed by atoms with E-state index in [1.165, 1.54) is 0 Å². The molecule has 7 nitrogen and oxygen atoms in total. The van der Waals surface area contributed by atoms with Crippen LogP contribution >= 0.6 is 7.60 Å². The average Bonchev–Trinajstić information content (AvgIpc) is 2.81. The molecule has 0 saturated heterocycles. The number of quaternary nitrogens is 1. The molecule has 0 spiro atoms. The molecule has 0 heterocycles. The monoisotopic (exact) mass is 529 g/mol. The highest BCUT2D eigenvalue weighted by atomic mass is 31.2. The summed E-state index contributed by atoms with van der Waals surface area (Å²) in [6.45, 7) is 12.4. The van der Waals surface area contributed by atoms with Gasteiger partial charge in [-0.2, -0.15) is 8.78 Å². The Morgan fingerprint density at radius 3 is 2.06 bits per heavy atom. The van der Waals surface area contributed by atoms with Crippen LogP contribution in [0.5, 0.6) is 0 Å². The number of nitrogens with zero attached hydrogens (tertiary/aromatic N) is 1. The lowest BCUT2D eigenvalue weighted by molar-refractivity contribution is -0.923. The summed E-state index contributed by atoms with van der Waals surface area (Å²) in [5.74, 6) is -0.436. The third-order valence-electron chi connectivity index (χ3n) is 7.14. The highest BCUT2D eigenvalue weighted by Crippen LogP contribution is 2.59. The van der Waals surface area contributed by atoms with Gasteiger partial charge in [-0.3, -0.25) is 13.9 Å². The van der Waals surface area contributed by atoms with E-state index in [0.717, 1.165) is 58.2 Å². The van der Waals surface area contributed by atoms with Gasteiger partial charge >= 0.3 is 13.3 Å². The molecular weight excluding hydrogens is 477 g/mol. The molecule has 0 rings (SSSR count). The molecule has 0 saturated carbocycles. The zero-order valence-corrected chi connectivity index (χ0v) is 23.6. The number of alkyl halides is 2. The molecule has 3 N–H and O–H groups in total. The van der Waals surface area contributed by atoms with Crippen LogP contribution in [0.4, 0.5) is 8.78 Å². The van der Waals surface area contributed by atoms with Gasteiger partial charge in [-0.15, -0.1) is 0 Å². The SMILES string of the molecule is CCCCCCC[C@@H](O)[C@H](CC(F)(F)P(=O)(O)OCC[N+](CC)(CC)CC)NC(=O)CCCCC. The van der Waals surface area contributed by atoms with E-state index >= 15 is 8.78 Å². The zero-order valence-electron chi connectivity index (χ0n) is 22.7. The fraction of sp³-hybridized carbons (Fsp3) is 0.960. The molecule has 0 bridgehead atoms. The van der Waals surface area contributed by atoms with Crippen LogP contribution in [0.2, 0.25) is 0 Å². The predicted molar refractivity (Wildman–Crippen MR) is 138 cm³/mol. The third-order valence-corrected chi connectivity index (χ3v) is 8.69. The van der Waals surface area contributed by atoms with Gasteiger partial charge in [0.05, 0.1) is 31.8 Å². The second kappa shape index (κ2) is 17.8. The van der Waals surface area contributed by atoms with E-state index < -0.39 is 37.7 Å². The Kier molecular flexibility index (Phi) is 17.5. The number of carbonyl (C=O) groups is 1. The van der Waals surface area contributed by atoms with Crippen LogP contribution in [0.1, 0.15) is 105 Å². The molecular formula is C25H52F2N2O5P+. The Hall–Kier alpha value is -0.600. The van der Waals surface area contributed by atoms with Gasteiger partial charge in [0.15, 0.2) is 0 Å². The van der Waals surface area contributed by atoms with Crippen molar-refractivity contribution in [2.24, 2.45) is 0 Å². The number of aliphatic hydroxyl groups excluding tert-OH is 1. The molecule has 10 heteroatoms. The van der Waals surface area contributed by atoms with Crippen LogP contribution in [0.15, 0.2) is 0 Å². The summed E-state index contributed by atoms with van der Waals surface area (Å²) < 4.78 is 48.1. The maximum atomic E-state index is 15.0. The maximum absolute atomic E-state index is 15.0. The van der Waals surface area contributed by atoms with Crippen LogP contribution in [0.25, 0.3) is 0 Å². The summed E-state index contributed by atoms with van der Waals surface area (Å²) in [5, 5.41) is 13.1. The molecule has 0 aromatic carbocycles. The Balaban J connectivity index is 5.27. The van der Waals surface area contributed by atoms with Gasteiger partial charge in [0.25, 0.3) is 0 Å². The molecule has 0 radical (unpaired) electrons. The van der Waals surface area contributed by atoms with Crippen molar-refractivity contribution < 1.29 is 37.1 Å². The number of carbonyl (C=O) groups excluding carboxylic acids is 1. The number of likely N-dealkylation sites (N-methyl/N-ethyl adjacent to an activating group) is 1. The minimum atomic E-state index is -5.32. The highest BCUT2D eigenvalue weighted by molar-refractivity contribution is 7.54. The van der Waals surface area contributed by atoms with E-state index in [1.54, 1.807) is 0 Å². The van der Waals surface area contributed by atoms with E-state index in [2.05, 4.69) is 12.2 Å². The van der Waals surface area contributed by atoms with Crippen molar-refractivity contribution in [3.8, 4) is 0 Å². The van der Waals surface area contributed by atoms with Gasteiger partial charge in [-0.1, -0.05) is 58.8 Å². The van der Waals surface area contributed by atoms with Gasteiger partial charge in [-0.05, 0) is 33.6 Å². The van der Waals surface area contributed by atoms with Gasteiger partial charge in [0, 0.05) is 12.8 Å². The Labute approximate surface area is 212 Å². The van der Waals surface area contributed by atoms with Crippen molar-refractivity contribution in [1.82, 2.24) is 5.32 Å². The van der Waals surface area contributed by atoms with E-state index in [9.17, 15) is 19.4 Å². The fourth-order valence-electron chi connectivity index (χ4n) is 4.23. The molecule has 0 aromatic rings. The predicted octanol–water partition coefficient (Wildman–Crippen LogP) is 5.83. The van der Waals surface area contributed by atoms with E-state index in [0.29, 0.717) is 23.9 Å². The summed E-state index contributed by atoms with van der Waals surface area (Å²) in [6, 6.07) is -1.33. The van der Waals surface area contributed by atoms with Gasteiger partial charge < -0.3 is 19.8 Å². The third kappa shape index (κ3) is 13.0. The summed E-state index contributed by atoms with van der Waals surface area (Å²) in [4.78, 5) is 22.5. The van der Waals surface area contributed by atoms with Crippen LogP contribution < -0.4 is 5.32 Å². The van der Waals surface area contributed by atoms with Gasteiger partial charge in [0.2, 0.25) is 5.91 Å². The highest BCUT2D eigenvalue weighted by Gasteiger charge is 2.53. The first kappa shape index (κ1) is 34.4. The summed E-state index contributed by atoms with van der Waals surface area (Å²) in [7, 11) is -5.32. The van der Waals surface area contributed by atoms with Crippen molar-refractivity contribution in [2.75, 3.05) is 32.8 Å². The number of rotatable bonds is 22. The lowest BCUT2D eigenvalue weighted by atomic mass is 10.00. The first-order valence-electron chi connectivity index (χ1n) is 13.6.